The average molecular weight is 665 g/mol. The summed E-state index contributed by atoms with van der Waals surface area (Å²) in [5, 5.41) is 5.86. The second kappa shape index (κ2) is 9.59. The molecule has 32 heavy (non-hydrogen) atoms. The number of hydrogen-bond acceptors (Lipinski definition) is 2. The normalized spacial score (nSPS) is 20.9. The van der Waals surface area contributed by atoms with Gasteiger partial charge in [-0.3, -0.25) is 0 Å². The molecule has 0 N–H and O–H groups in total. The standard InChI is InChI=1S/C23H21Br2Cl2N3OSe/c24-19-8-7-18(32-19)22-20(25)21(28-30(22)17-6-5-15(26)11-16(17)27)23(31)29-10-9-13-3-1-2-4-14(13)12-29/h5-8,11,13-14H,1-4,9-10,12H2. The van der Waals surface area contributed by atoms with Crippen LogP contribution in [-0.2, 0) is 0 Å². The van der Waals surface area contributed by atoms with Crippen LogP contribution in [0.5, 0.6) is 0 Å². The Morgan fingerprint density at radius 1 is 1.06 bits per heavy atom. The predicted molar refractivity (Wildman–Crippen MR) is 137 cm³/mol. The quantitative estimate of drug-likeness (QED) is 0.281. The Labute approximate surface area is 220 Å². The summed E-state index contributed by atoms with van der Waals surface area (Å²) in [6.45, 7) is 1.63. The van der Waals surface area contributed by atoms with E-state index in [1.54, 1.807) is 16.8 Å². The minimum absolute atomic E-state index is 0.0101. The molecule has 2 atom stereocenters. The molecule has 1 saturated carbocycles. The molecule has 4 nitrogen and oxygen atoms in total. The third-order valence-corrected chi connectivity index (χ3v) is 10.8. The molecule has 0 spiro atoms. The molecular weight excluding hydrogens is 644 g/mol. The number of benzene rings is 1. The summed E-state index contributed by atoms with van der Waals surface area (Å²) in [6.07, 6.45) is 6.23. The summed E-state index contributed by atoms with van der Waals surface area (Å²) in [5.74, 6) is 1.38. The number of hydrogen-bond donors (Lipinski definition) is 0. The van der Waals surface area contributed by atoms with Crippen molar-refractivity contribution in [2.75, 3.05) is 13.1 Å². The van der Waals surface area contributed by atoms with Crippen molar-refractivity contribution in [2.45, 2.75) is 32.1 Å². The van der Waals surface area contributed by atoms with Crippen LogP contribution in [0.25, 0.3) is 15.8 Å². The van der Waals surface area contributed by atoms with Gasteiger partial charge in [0.2, 0.25) is 0 Å². The zero-order valence-corrected chi connectivity index (χ0v) is 23.6. The molecule has 1 aliphatic carbocycles. The van der Waals surface area contributed by atoms with Crippen LogP contribution in [0.1, 0.15) is 42.6 Å². The summed E-state index contributed by atoms with van der Waals surface area (Å²) < 4.78 is 4.79. The SMILES string of the molecule is O=C(c1nn(-c2ccc(Cl)cc2Cl)c(-c2ccc(Br)[se]2)c1Br)N1CCC2CCCCC2C1. The Morgan fingerprint density at radius 2 is 1.84 bits per heavy atom. The Balaban J connectivity index is 1.56. The van der Waals surface area contributed by atoms with Crippen LogP contribution in [-0.4, -0.2) is 48.2 Å². The maximum absolute atomic E-state index is 13.6. The number of piperidine rings is 1. The van der Waals surface area contributed by atoms with Crippen molar-refractivity contribution in [3.8, 4) is 15.8 Å². The Morgan fingerprint density at radius 3 is 2.56 bits per heavy atom. The van der Waals surface area contributed by atoms with Gasteiger partial charge in [-0.25, -0.2) is 0 Å². The van der Waals surface area contributed by atoms with Gasteiger partial charge in [-0.1, -0.05) is 0 Å². The van der Waals surface area contributed by atoms with E-state index in [4.69, 9.17) is 28.3 Å². The zero-order valence-electron chi connectivity index (χ0n) is 17.2. The molecule has 1 amide bonds. The number of halogens is 4. The fraction of sp³-hybridized carbons (Fsp3) is 0.391. The van der Waals surface area contributed by atoms with Gasteiger partial charge in [-0.15, -0.1) is 0 Å². The molecule has 3 heterocycles. The predicted octanol–water partition coefficient (Wildman–Crippen LogP) is 7.08. The summed E-state index contributed by atoms with van der Waals surface area (Å²) in [7, 11) is 0. The molecule has 0 bridgehead atoms. The van der Waals surface area contributed by atoms with Crippen molar-refractivity contribution in [3.63, 3.8) is 0 Å². The number of fused-ring (bicyclic) bond motifs is 1. The molecule has 2 aliphatic rings. The molecule has 2 fully saturated rings. The van der Waals surface area contributed by atoms with E-state index in [2.05, 4.69) is 44.0 Å². The van der Waals surface area contributed by atoms with Gasteiger partial charge in [-0.2, -0.15) is 0 Å². The fourth-order valence-electron chi connectivity index (χ4n) is 4.95. The molecule has 9 heteroatoms. The number of carbonyl (C=O) groups excluding carboxylic acids is 1. The maximum atomic E-state index is 13.6. The minimum atomic E-state index is -0.0101. The number of likely N-dealkylation sites (tertiary alicyclic amines) is 1. The first-order chi connectivity index (χ1) is 15.4. The van der Waals surface area contributed by atoms with E-state index in [1.165, 1.54) is 25.7 Å². The first kappa shape index (κ1) is 23.2. The van der Waals surface area contributed by atoms with Gasteiger partial charge >= 0.3 is 222 Å². The fourth-order valence-corrected chi connectivity index (χ4v) is 9.02. The Kier molecular flexibility index (Phi) is 6.95. The Hall–Kier alpha value is -0.561. The summed E-state index contributed by atoms with van der Waals surface area (Å²) in [5.41, 5.74) is 2.02. The number of rotatable bonds is 3. The Bertz CT molecular complexity index is 1180. The number of nitrogens with zero attached hydrogens (tertiary/aromatic N) is 3. The monoisotopic (exact) mass is 663 g/mol. The van der Waals surface area contributed by atoms with Gasteiger partial charge in [0.15, 0.2) is 0 Å². The van der Waals surface area contributed by atoms with Gasteiger partial charge in [0.1, 0.15) is 0 Å². The molecular formula is C23H21Br2Cl2N3OSe. The van der Waals surface area contributed by atoms with Gasteiger partial charge in [-0.05, 0) is 0 Å². The van der Waals surface area contributed by atoms with Crippen LogP contribution in [0.2, 0.25) is 10.0 Å². The van der Waals surface area contributed by atoms with Crippen LogP contribution < -0.4 is 0 Å². The third-order valence-electron chi connectivity index (χ3n) is 6.55. The molecule has 5 rings (SSSR count). The van der Waals surface area contributed by atoms with E-state index in [0.717, 1.165) is 43.4 Å². The molecule has 0 radical (unpaired) electrons. The van der Waals surface area contributed by atoms with Gasteiger partial charge < -0.3 is 0 Å². The van der Waals surface area contributed by atoms with Gasteiger partial charge in [0.25, 0.3) is 0 Å². The van der Waals surface area contributed by atoms with Crippen molar-refractivity contribution in [1.29, 1.82) is 0 Å². The van der Waals surface area contributed by atoms with Crippen LogP contribution in [0.4, 0.5) is 0 Å². The molecule has 2 aromatic heterocycles. The first-order valence-electron chi connectivity index (χ1n) is 10.7. The van der Waals surface area contributed by atoms with E-state index in [9.17, 15) is 4.79 Å². The number of amides is 1. The zero-order chi connectivity index (χ0) is 22.4. The van der Waals surface area contributed by atoms with E-state index in [-0.39, 0.29) is 20.4 Å². The summed E-state index contributed by atoms with van der Waals surface area (Å²) in [4.78, 5) is 15.6. The number of carbonyl (C=O) groups is 1. The van der Waals surface area contributed by atoms with E-state index >= 15 is 0 Å². The van der Waals surface area contributed by atoms with Crippen LogP contribution >= 0.6 is 55.1 Å². The van der Waals surface area contributed by atoms with Crippen molar-refractivity contribution >= 4 is 75.5 Å². The third kappa shape index (κ3) is 4.41. The average Bonchev–Trinajstić information content (AvgIpc) is 3.35. The van der Waals surface area contributed by atoms with E-state index in [0.29, 0.717) is 27.3 Å². The van der Waals surface area contributed by atoms with E-state index in [1.807, 2.05) is 11.0 Å². The van der Waals surface area contributed by atoms with Gasteiger partial charge in [0, 0.05) is 0 Å². The number of aromatic nitrogens is 2. The molecule has 3 aromatic rings. The first-order valence-corrected chi connectivity index (χ1v) is 14.8. The molecule has 1 saturated heterocycles. The molecule has 168 valence electrons. The molecule has 2 unspecified atom stereocenters. The summed E-state index contributed by atoms with van der Waals surface area (Å²) in [6, 6.07) is 9.47. The second-order valence-corrected chi connectivity index (χ2v) is 14.4. The van der Waals surface area contributed by atoms with Crippen molar-refractivity contribution in [1.82, 2.24) is 14.7 Å². The molecule has 1 aliphatic heterocycles. The van der Waals surface area contributed by atoms with Gasteiger partial charge in [0.05, 0.1) is 0 Å². The topological polar surface area (TPSA) is 38.1 Å². The van der Waals surface area contributed by atoms with E-state index < -0.39 is 0 Å². The van der Waals surface area contributed by atoms with Crippen molar-refractivity contribution in [2.24, 2.45) is 11.8 Å². The van der Waals surface area contributed by atoms with Crippen LogP contribution in [0.3, 0.4) is 0 Å². The van der Waals surface area contributed by atoms with Crippen LogP contribution in [0.15, 0.2) is 38.2 Å². The summed E-state index contributed by atoms with van der Waals surface area (Å²) >= 11 is 20.1. The molecule has 1 aromatic carbocycles. The van der Waals surface area contributed by atoms with Crippen molar-refractivity contribution < 1.29 is 4.79 Å². The second-order valence-electron chi connectivity index (χ2n) is 8.47. The van der Waals surface area contributed by atoms with Crippen molar-refractivity contribution in [3.05, 3.63) is 53.9 Å². The van der Waals surface area contributed by atoms with Crippen LogP contribution in [0, 0.1) is 11.8 Å².